The number of hydrogen-bond donors (Lipinski definition) is 1. The van der Waals surface area contributed by atoms with Gasteiger partial charge in [0.05, 0.1) is 18.0 Å². The highest BCUT2D eigenvalue weighted by Gasteiger charge is 2.36. The van der Waals surface area contributed by atoms with E-state index in [2.05, 4.69) is 10.4 Å². The smallest absolute Gasteiger partial charge is 0.364 e. The molecule has 1 aliphatic carbocycles. The maximum absolute atomic E-state index is 12.8. The van der Waals surface area contributed by atoms with E-state index < -0.39 is 12.3 Å². The quantitative estimate of drug-likeness (QED) is 0.507. The zero-order valence-electron chi connectivity index (χ0n) is 18.5. The van der Waals surface area contributed by atoms with Gasteiger partial charge in [-0.1, -0.05) is 36.4 Å². The molecule has 1 heterocycles. The highest BCUT2D eigenvalue weighted by atomic mass is 19.4. The summed E-state index contributed by atoms with van der Waals surface area (Å²) in [6.07, 6.45) is -5.15. The van der Waals surface area contributed by atoms with E-state index in [4.69, 9.17) is 4.74 Å². The molecule has 0 unspecified atom stereocenters. The molecule has 0 bridgehead atoms. The van der Waals surface area contributed by atoms with Crippen LogP contribution in [0.2, 0.25) is 0 Å². The van der Waals surface area contributed by atoms with E-state index in [1.54, 1.807) is 28.9 Å². The molecule has 2 aromatic carbocycles. The van der Waals surface area contributed by atoms with Crippen LogP contribution in [0.25, 0.3) is 16.9 Å². The zero-order valence-corrected chi connectivity index (χ0v) is 18.5. The lowest BCUT2D eigenvalue weighted by Gasteiger charge is -2.16. The van der Waals surface area contributed by atoms with Crippen LogP contribution in [0.3, 0.4) is 0 Å². The summed E-state index contributed by atoms with van der Waals surface area (Å²) >= 11 is 0. The number of ether oxygens (including phenoxy) is 1. The number of hydrogen-bond acceptors (Lipinski definition) is 4. The van der Waals surface area contributed by atoms with Gasteiger partial charge in [0.1, 0.15) is 5.78 Å². The third-order valence-corrected chi connectivity index (χ3v) is 5.76. The van der Waals surface area contributed by atoms with Crippen LogP contribution in [0.15, 0.2) is 60.7 Å². The Morgan fingerprint density at radius 3 is 2.62 bits per heavy atom. The second kappa shape index (κ2) is 9.80. The van der Waals surface area contributed by atoms with Gasteiger partial charge in [-0.25, -0.2) is 4.68 Å². The standard InChI is InChI=1S/C25H24F3N3O3/c1-16(25(26,27)28)34-15-17-6-5-7-18(12-17)22-14-23(29-24(33)19-10-11-21(32)13-19)30-31(22)20-8-3-2-4-9-20/h2-9,12,14,16,19H,10-11,13,15H2,1H3,(H,29,30,33)/t16-,19+/m1/s1. The molecule has 0 radical (unpaired) electrons. The second-order valence-electron chi connectivity index (χ2n) is 8.33. The predicted octanol–water partition coefficient (Wildman–Crippen LogP) is 5.31. The van der Waals surface area contributed by atoms with Crippen molar-refractivity contribution >= 4 is 17.5 Å². The lowest BCUT2D eigenvalue weighted by Crippen LogP contribution is -2.28. The zero-order chi connectivity index (χ0) is 24.3. The Kier molecular flexibility index (Phi) is 6.83. The number of nitrogens with zero attached hydrogens (tertiary/aromatic N) is 2. The molecule has 0 spiro atoms. The predicted molar refractivity (Wildman–Crippen MR) is 120 cm³/mol. The molecular formula is C25H24F3N3O3. The van der Waals surface area contributed by atoms with Gasteiger partial charge in [0, 0.05) is 30.4 Å². The molecule has 0 aliphatic heterocycles. The van der Waals surface area contributed by atoms with Gasteiger partial charge in [0.15, 0.2) is 11.9 Å². The fourth-order valence-corrected chi connectivity index (χ4v) is 3.82. The highest BCUT2D eigenvalue weighted by Crippen LogP contribution is 2.29. The molecule has 1 saturated carbocycles. The molecule has 9 heteroatoms. The van der Waals surface area contributed by atoms with E-state index in [0.29, 0.717) is 35.5 Å². The average Bonchev–Trinajstić information content (AvgIpc) is 3.44. The van der Waals surface area contributed by atoms with Crippen molar-refractivity contribution in [1.29, 1.82) is 0 Å². The van der Waals surface area contributed by atoms with Crippen molar-refractivity contribution in [1.82, 2.24) is 9.78 Å². The number of carbonyl (C=O) groups is 2. The van der Waals surface area contributed by atoms with Gasteiger partial charge < -0.3 is 10.1 Å². The number of carbonyl (C=O) groups excluding carboxylic acids is 2. The Bertz CT molecular complexity index is 1170. The molecular weight excluding hydrogens is 447 g/mol. The summed E-state index contributed by atoms with van der Waals surface area (Å²) in [5, 5.41) is 7.35. The van der Waals surface area contributed by atoms with Crippen LogP contribution in [0, 0.1) is 5.92 Å². The van der Waals surface area contributed by atoms with Gasteiger partial charge in [-0.15, -0.1) is 5.10 Å². The maximum Gasteiger partial charge on any atom is 0.414 e. The van der Waals surface area contributed by atoms with Crippen LogP contribution in [0.1, 0.15) is 31.7 Å². The molecule has 0 saturated heterocycles. The number of anilines is 1. The maximum atomic E-state index is 12.8. The first kappa shape index (κ1) is 23.7. The van der Waals surface area contributed by atoms with Gasteiger partial charge in [0.2, 0.25) is 5.91 Å². The molecule has 1 fully saturated rings. The molecule has 34 heavy (non-hydrogen) atoms. The Hall–Kier alpha value is -3.46. The van der Waals surface area contributed by atoms with Crippen LogP contribution in [0.5, 0.6) is 0 Å². The van der Waals surface area contributed by atoms with Gasteiger partial charge >= 0.3 is 6.18 Å². The first-order chi connectivity index (χ1) is 16.2. The molecule has 2 atom stereocenters. The van der Waals surface area contributed by atoms with Crippen LogP contribution < -0.4 is 5.32 Å². The third kappa shape index (κ3) is 5.53. The normalized spacial score (nSPS) is 17.1. The van der Waals surface area contributed by atoms with Crippen LogP contribution in [-0.2, 0) is 20.9 Å². The SMILES string of the molecule is C[C@@H](OCc1cccc(-c2cc(NC(=O)[C@H]3CCC(=O)C3)nn2-c2ccccc2)c1)C(F)(F)F. The summed E-state index contributed by atoms with van der Waals surface area (Å²) in [5.74, 6) is -0.211. The van der Waals surface area contributed by atoms with Crippen LogP contribution >= 0.6 is 0 Å². The van der Waals surface area contributed by atoms with Crippen molar-refractivity contribution in [2.75, 3.05) is 5.32 Å². The van der Waals surface area contributed by atoms with E-state index in [-0.39, 0.29) is 30.6 Å². The second-order valence-corrected chi connectivity index (χ2v) is 8.33. The molecule has 1 aliphatic rings. The molecule has 1 aromatic heterocycles. The number of ketones is 1. The lowest BCUT2D eigenvalue weighted by atomic mass is 10.1. The van der Waals surface area contributed by atoms with E-state index >= 15 is 0 Å². The van der Waals surface area contributed by atoms with Crippen molar-refractivity contribution in [3.05, 3.63) is 66.2 Å². The minimum Gasteiger partial charge on any atom is -0.364 e. The number of rotatable bonds is 7. The van der Waals surface area contributed by atoms with Crippen LogP contribution in [-0.4, -0.2) is 33.8 Å². The number of para-hydroxylation sites is 1. The van der Waals surface area contributed by atoms with Gasteiger partial charge in [-0.2, -0.15) is 13.2 Å². The van der Waals surface area contributed by atoms with Crippen molar-refractivity contribution in [2.45, 2.75) is 45.1 Å². The summed E-state index contributed by atoms with van der Waals surface area (Å²) < 4.78 is 45.0. The molecule has 178 valence electrons. The summed E-state index contributed by atoms with van der Waals surface area (Å²) in [4.78, 5) is 24.2. The van der Waals surface area contributed by atoms with Gasteiger partial charge in [-0.3, -0.25) is 9.59 Å². The lowest BCUT2D eigenvalue weighted by molar-refractivity contribution is -0.217. The monoisotopic (exact) mass is 471 g/mol. The van der Waals surface area contributed by atoms with Crippen molar-refractivity contribution < 1.29 is 27.5 Å². The van der Waals surface area contributed by atoms with Crippen molar-refractivity contribution in [3.63, 3.8) is 0 Å². The first-order valence-electron chi connectivity index (χ1n) is 11.0. The van der Waals surface area contributed by atoms with Crippen molar-refractivity contribution in [3.8, 4) is 16.9 Å². The van der Waals surface area contributed by atoms with Crippen molar-refractivity contribution in [2.24, 2.45) is 5.92 Å². The number of aromatic nitrogens is 2. The summed E-state index contributed by atoms with van der Waals surface area (Å²) in [7, 11) is 0. The van der Waals surface area contributed by atoms with E-state index in [0.717, 1.165) is 12.6 Å². The van der Waals surface area contributed by atoms with Gasteiger partial charge in [0.25, 0.3) is 0 Å². The third-order valence-electron chi connectivity index (χ3n) is 5.76. The Balaban J connectivity index is 1.61. The first-order valence-corrected chi connectivity index (χ1v) is 11.0. The number of benzene rings is 2. The van der Waals surface area contributed by atoms with E-state index in [1.807, 2.05) is 36.4 Å². The van der Waals surface area contributed by atoms with E-state index in [1.165, 1.54) is 0 Å². The topological polar surface area (TPSA) is 73.2 Å². The largest absolute Gasteiger partial charge is 0.414 e. The number of halogens is 3. The molecule has 4 rings (SSSR count). The fourth-order valence-electron chi connectivity index (χ4n) is 3.82. The fraction of sp³-hybridized carbons (Fsp3) is 0.320. The molecule has 1 amide bonds. The van der Waals surface area contributed by atoms with Crippen LogP contribution in [0.4, 0.5) is 19.0 Å². The number of nitrogens with one attached hydrogen (secondary N) is 1. The number of alkyl halides is 3. The summed E-state index contributed by atoms with van der Waals surface area (Å²) in [5.41, 5.74) is 2.68. The van der Waals surface area contributed by atoms with Gasteiger partial charge in [-0.05, 0) is 37.1 Å². The summed E-state index contributed by atoms with van der Waals surface area (Å²) in [6, 6.07) is 18.0. The number of Topliss-reactive ketones (excluding diaryl/α,β-unsaturated/α-hetero) is 1. The highest BCUT2D eigenvalue weighted by molar-refractivity contribution is 5.97. The molecule has 1 N–H and O–H groups in total. The molecule has 6 nitrogen and oxygen atoms in total. The van der Waals surface area contributed by atoms with E-state index in [9.17, 15) is 22.8 Å². The minimum atomic E-state index is -4.43. The number of amides is 1. The minimum absolute atomic E-state index is 0.0783. The Morgan fingerprint density at radius 1 is 1.18 bits per heavy atom. The Morgan fingerprint density at radius 2 is 1.94 bits per heavy atom. The summed E-state index contributed by atoms with van der Waals surface area (Å²) in [6.45, 7) is 0.772. The average molecular weight is 471 g/mol. The Labute approximate surface area is 194 Å². The molecule has 3 aromatic rings.